The first-order valence-corrected chi connectivity index (χ1v) is 7.57. The fourth-order valence-electron chi connectivity index (χ4n) is 1.99. The highest BCUT2D eigenvalue weighted by atomic mass is 32.1. The Labute approximate surface area is 126 Å². The Morgan fingerprint density at radius 1 is 1.25 bits per heavy atom. The molecule has 1 N–H and O–H groups in total. The summed E-state index contributed by atoms with van der Waals surface area (Å²) >= 11 is 6.80. The van der Waals surface area contributed by atoms with Gasteiger partial charge in [0.25, 0.3) is 0 Å². The summed E-state index contributed by atoms with van der Waals surface area (Å²) in [5.74, 6) is 0.846. The van der Waals surface area contributed by atoms with E-state index in [0.29, 0.717) is 4.77 Å². The zero-order valence-corrected chi connectivity index (χ0v) is 12.7. The van der Waals surface area contributed by atoms with Gasteiger partial charge in [-0.3, -0.25) is 5.10 Å². The Balaban J connectivity index is 1.74. The van der Waals surface area contributed by atoms with Crippen LogP contribution in [0.25, 0.3) is 10.7 Å². The monoisotopic (exact) mass is 302 g/mol. The lowest BCUT2D eigenvalue weighted by Gasteiger charge is -1.98. The van der Waals surface area contributed by atoms with E-state index >= 15 is 0 Å². The van der Waals surface area contributed by atoms with E-state index < -0.39 is 0 Å². The van der Waals surface area contributed by atoms with Crippen molar-refractivity contribution in [2.45, 2.75) is 12.8 Å². The summed E-state index contributed by atoms with van der Waals surface area (Å²) in [6.45, 7) is 0. The predicted molar refractivity (Wildman–Crippen MR) is 83.4 cm³/mol. The first-order chi connectivity index (χ1) is 9.74. The van der Waals surface area contributed by atoms with Gasteiger partial charge in [0, 0.05) is 19.7 Å². The van der Waals surface area contributed by atoms with Crippen LogP contribution in [0.5, 0.6) is 0 Å². The maximum atomic E-state index is 5.13. The number of aromatic amines is 1. The first-order valence-electron chi connectivity index (χ1n) is 6.34. The third kappa shape index (κ3) is 2.71. The molecule has 0 radical (unpaired) electrons. The highest BCUT2D eigenvalue weighted by Crippen LogP contribution is 2.24. The molecule has 0 aliphatic rings. The minimum Gasteiger partial charge on any atom is -0.303 e. The molecule has 0 amide bonds. The van der Waals surface area contributed by atoms with Gasteiger partial charge >= 0.3 is 0 Å². The van der Waals surface area contributed by atoms with Crippen LogP contribution in [0.4, 0.5) is 0 Å². The lowest BCUT2D eigenvalue weighted by Crippen LogP contribution is -1.90. The molecule has 3 rings (SSSR count). The van der Waals surface area contributed by atoms with Crippen LogP contribution in [0.2, 0.25) is 0 Å². The van der Waals surface area contributed by atoms with E-state index in [4.69, 9.17) is 12.2 Å². The molecule has 0 atom stereocenters. The number of thiazole rings is 1. The molecule has 20 heavy (non-hydrogen) atoms. The fraction of sp³-hybridized carbons (Fsp3) is 0.214. The van der Waals surface area contributed by atoms with Gasteiger partial charge < -0.3 is 4.57 Å². The van der Waals surface area contributed by atoms with Gasteiger partial charge in [0.2, 0.25) is 0 Å². The van der Waals surface area contributed by atoms with Crippen LogP contribution in [0.15, 0.2) is 36.5 Å². The minimum absolute atomic E-state index is 0.624. The van der Waals surface area contributed by atoms with Crippen LogP contribution in [0.1, 0.15) is 10.6 Å². The summed E-state index contributed by atoms with van der Waals surface area (Å²) in [7, 11) is 1.91. The molecule has 1 aromatic carbocycles. The summed E-state index contributed by atoms with van der Waals surface area (Å²) in [6, 6.07) is 10.5. The summed E-state index contributed by atoms with van der Waals surface area (Å²) < 4.78 is 2.49. The Kier molecular flexibility index (Phi) is 3.75. The number of nitrogens with zero attached hydrogens (tertiary/aromatic N) is 3. The van der Waals surface area contributed by atoms with Gasteiger partial charge in [-0.1, -0.05) is 30.3 Å². The number of hydrogen-bond donors (Lipinski definition) is 1. The highest BCUT2D eigenvalue weighted by Gasteiger charge is 2.10. The zero-order chi connectivity index (χ0) is 13.9. The standard InChI is InChI=1S/C14H14N4S2/c1-18-13(16-17-14(18)19)11-9-15-12(20-11)8-7-10-5-3-2-4-6-10/h2-6,9H,7-8H2,1H3,(H,17,19). The molecular formula is C14H14N4S2. The molecule has 0 saturated heterocycles. The minimum atomic E-state index is 0.624. The molecule has 4 nitrogen and oxygen atoms in total. The number of H-pyrrole nitrogens is 1. The Bertz CT molecular complexity index is 755. The topological polar surface area (TPSA) is 46.5 Å². The second kappa shape index (κ2) is 5.68. The van der Waals surface area contributed by atoms with Crippen molar-refractivity contribution in [2.75, 3.05) is 0 Å². The van der Waals surface area contributed by atoms with Crippen molar-refractivity contribution in [3.63, 3.8) is 0 Å². The second-order valence-electron chi connectivity index (χ2n) is 4.52. The van der Waals surface area contributed by atoms with Crippen molar-refractivity contribution >= 4 is 23.6 Å². The predicted octanol–water partition coefficient (Wildman–Crippen LogP) is 3.39. The van der Waals surface area contributed by atoms with Crippen LogP contribution < -0.4 is 0 Å². The van der Waals surface area contributed by atoms with E-state index in [2.05, 4.69) is 39.4 Å². The summed E-state index contributed by atoms with van der Waals surface area (Å²) in [5.41, 5.74) is 1.34. The van der Waals surface area contributed by atoms with Gasteiger partial charge in [-0.2, -0.15) is 5.10 Å². The average molecular weight is 302 g/mol. The molecule has 0 aliphatic carbocycles. The van der Waals surface area contributed by atoms with Gasteiger partial charge in [0.15, 0.2) is 10.6 Å². The molecule has 0 spiro atoms. The summed E-state index contributed by atoms with van der Waals surface area (Å²) in [4.78, 5) is 5.52. The lowest BCUT2D eigenvalue weighted by atomic mass is 10.1. The van der Waals surface area contributed by atoms with Crippen LogP contribution in [0.3, 0.4) is 0 Å². The van der Waals surface area contributed by atoms with Crippen molar-refractivity contribution in [1.82, 2.24) is 19.7 Å². The first kappa shape index (κ1) is 13.2. The van der Waals surface area contributed by atoms with E-state index in [0.717, 1.165) is 28.6 Å². The van der Waals surface area contributed by atoms with Crippen LogP contribution >= 0.6 is 23.6 Å². The van der Waals surface area contributed by atoms with E-state index in [-0.39, 0.29) is 0 Å². The molecule has 0 unspecified atom stereocenters. The summed E-state index contributed by atoms with van der Waals surface area (Å²) in [5, 5.41) is 8.15. The van der Waals surface area contributed by atoms with Crippen molar-refractivity contribution < 1.29 is 0 Å². The smallest absolute Gasteiger partial charge is 0.195 e. The van der Waals surface area contributed by atoms with Gasteiger partial charge in [0.1, 0.15) is 0 Å². The number of nitrogens with one attached hydrogen (secondary N) is 1. The van der Waals surface area contributed by atoms with Crippen LogP contribution in [-0.4, -0.2) is 19.7 Å². The largest absolute Gasteiger partial charge is 0.303 e. The third-order valence-electron chi connectivity index (χ3n) is 3.12. The molecule has 0 bridgehead atoms. The van der Waals surface area contributed by atoms with Crippen molar-refractivity contribution in [2.24, 2.45) is 7.05 Å². The van der Waals surface area contributed by atoms with E-state index in [9.17, 15) is 0 Å². The van der Waals surface area contributed by atoms with E-state index in [1.165, 1.54) is 5.56 Å². The maximum Gasteiger partial charge on any atom is 0.195 e. The zero-order valence-electron chi connectivity index (χ0n) is 11.0. The number of hydrogen-bond acceptors (Lipinski definition) is 4. The normalized spacial score (nSPS) is 10.8. The van der Waals surface area contributed by atoms with Gasteiger partial charge in [0.05, 0.1) is 9.88 Å². The molecule has 102 valence electrons. The quantitative estimate of drug-likeness (QED) is 0.752. The number of aryl methyl sites for hydroxylation is 2. The van der Waals surface area contributed by atoms with Crippen molar-refractivity contribution in [3.8, 4) is 10.7 Å². The fourth-order valence-corrected chi connectivity index (χ4v) is 3.07. The van der Waals surface area contributed by atoms with Gasteiger partial charge in [-0.15, -0.1) is 11.3 Å². The molecule has 0 aliphatic heterocycles. The SMILES string of the molecule is Cn1c(-c2cnc(CCc3ccccc3)s2)n[nH]c1=S. The lowest BCUT2D eigenvalue weighted by molar-refractivity contribution is 0.903. The molecule has 2 heterocycles. The van der Waals surface area contributed by atoms with E-state index in [1.807, 2.05) is 23.9 Å². The van der Waals surface area contributed by atoms with Crippen LogP contribution in [0, 0.1) is 4.77 Å². The number of rotatable bonds is 4. The summed E-state index contributed by atoms with van der Waals surface area (Å²) in [6.07, 6.45) is 3.83. The molecule has 3 aromatic rings. The second-order valence-corrected chi connectivity index (χ2v) is 6.02. The Morgan fingerprint density at radius 2 is 2.05 bits per heavy atom. The average Bonchev–Trinajstić information content (AvgIpc) is 3.06. The van der Waals surface area contributed by atoms with Gasteiger partial charge in [-0.25, -0.2) is 4.98 Å². The molecule has 2 aromatic heterocycles. The molecular weight excluding hydrogens is 288 g/mol. The maximum absolute atomic E-state index is 5.13. The molecule has 0 fully saturated rings. The Morgan fingerprint density at radius 3 is 2.75 bits per heavy atom. The molecule has 6 heteroatoms. The van der Waals surface area contributed by atoms with Crippen molar-refractivity contribution in [3.05, 3.63) is 51.9 Å². The molecule has 0 saturated carbocycles. The van der Waals surface area contributed by atoms with E-state index in [1.54, 1.807) is 11.3 Å². The highest BCUT2D eigenvalue weighted by molar-refractivity contribution is 7.71. The Hall–Kier alpha value is -1.79. The number of aromatic nitrogens is 4. The number of benzene rings is 1. The van der Waals surface area contributed by atoms with Crippen molar-refractivity contribution in [1.29, 1.82) is 0 Å². The van der Waals surface area contributed by atoms with Crippen LogP contribution in [-0.2, 0) is 19.9 Å². The third-order valence-corrected chi connectivity index (χ3v) is 4.54. The van der Waals surface area contributed by atoms with Gasteiger partial charge in [-0.05, 0) is 24.2 Å².